The van der Waals surface area contributed by atoms with Gasteiger partial charge in [-0.1, -0.05) is 36.4 Å². The highest BCUT2D eigenvalue weighted by Crippen LogP contribution is 2.25. The van der Waals surface area contributed by atoms with Gasteiger partial charge < -0.3 is 10.1 Å². The highest BCUT2D eigenvalue weighted by molar-refractivity contribution is 6.06. The third kappa shape index (κ3) is 6.05. The van der Waals surface area contributed by atoms with Gasteiger partial charge in [0.25, 0.3) is 0 Å². The van der Waals surface area contributed by atoms with Crippen LogP contribution < -0.4 is 15.5 Å². The summed E-state index contributed by atoms with van der Waals surface area (Å²) in [5, 5.41) is 6.79. The first-order valence-electron chi connectivity index (χ1n) is 8.28. The van der Waals surface area contributed by atoms with Crippen molar-refractivity contribution in [2.45, 2.75) is 26.7 Å². The highest BCUT2D eigenvalue weighted by Gasteiger charge is 2.09. The molecule has 0 fully saturated rings. The molecule has 6 nitrogen and oxygen atoms in total. The van der Waals surface area contributed by atoms with Gasteiger partial charge in [-0.25, -0.2) is 5.43 Å². The summed E-state index contributed by atoms with van der Waals surface area (Å²) in [4.78, 5) is 24.1. The van der Waals surface area contributed by atoms with E-state index in [1.54, 1.807) is 20.1 Å². The maximum atomic E-state index is 12.2. The smallest absolute Gasteiger partial charge is 0.244 e. The number of nitrogens with zero attached hydrogens (tertiary/aromatic N) is 1. The van der Waals surface area contributed by atoms with Gasteiger partial charge in [0, 0.05) is 5.71 Å². The van der Waals surface area contributed by atoms with Crippen LogP contribution in [0.4, 0.5) is 5.69 Å². The molecular weight excluding hydrogens is 330 g/mol. The third-order valence-electron chi connectivity index (χ3n) is 3.62. The number of methoxy groups -OCH3 is 1. The van der Waals surface area contributed by atoms with Crippen LogP contribution in [0.2, 0.25) is 0 Å². The van der Waals surface area contributed by atoms with E-state index in [0.717, 1.165) is 11.1 Å². The maximum Gasteiger partial charge on any atom is 0.244 e. The Labute approximate surface area is 153 Å². The summed E-state index contributed by atoms with van der Waals surface area (Å²) in [7, 11) is 1.55. The molecule has 2 aromatic rings. The first kappa shape index (κ1) is 19.2. The van der Waals surface area contributed by atoms with Crippen LogP contribution in [0.15, 0.2) is 53.6 Å². The van der Waals surface area contributed by atoms with E-state index in [2.05, 4.69) is 15.8 Å². The lowest BCUT2D eigenvalue weighted by atomic mass is 10.1. The Hall–Kier alpha value is -3.15. The van der Waals surface area contributed by atoms with Crippen LogP contribution >= 0.6 is 0 Å². The highest BCUT2D eigenvalue weighted by atomic mass is 16.5. The lowest BCUT2D eigenvalue weighted by molar-refractivity contribution is -0.120. The molecule has 2 rings (SSSR count). The van der Waals surface area contributed by atoms with E-state index in [0.29, 0.717) is 17.1 Å². The lowest BCUT2D eigenvalue weighted by Gasteiger charge is -2.11. The Kier molecular flexibility index (Phi) is 6.91. The summed E-state index contributed by atoms with van der Waals surface area (Å²) in [6, 6.07) is 14.9. The molecule has 0 unspecified atom stereocenters. The average molecular weight is 353 g/mol. The monoisotopic (exact) mass is 353 g/mol. The van der Waals surface area contributed by atoms with Gasteiger partial charge in [0.05, 0.1) is 25.6 Å². The molecule has 136 valence electrons. The van der Waals surface area contributed by atoms with E-state index in [1.165, 1.54) is 0 Å². The molecule has 0 heterocycles. The van der Waals surface area contributed by atoms with Gasteiger partial charge in [-0.2, -0.15) is 5.10 Å². The van der Waals surface area contributed by atoms with E-state index in [4.69, 9.17) is 4.74 Å². The minimum atomic E-state index is -0.229. The molecule has 0 aliphatic rings. The largest absolute Gasteiger partial charge is 0.495 e. The van der Waals surface area contributed by atoms with Gasteiger partial charge in [-0.05, 0) is 37.1 Å². The predicted molar refractivity (Wildman–Crippen MR) is 102 cm³/mol. The van der Waals surface area contributed by atoms with Crippen molar-refractivity contribution in [3.05, 3.63) is 59.7 Å². The molecule has 0 atom stereocenters. The number of hydrazone groups is 1. The molecule has 0 aliphatic heterocycles. The van der Waals surface area contributed by atoms with E-state index in [-0.39, 0.29) is 24.7 Å². The molecule has 0 spiro atoms. The number of rotatable bonds is 7. The van der Waals surface area contributed by atoms with Gasteiger partial charge in [0.15, 0.2) is 0 Å². The summed E-state index contributed by atoms with van der Waals surface area (Å²) in [5.74, 6) is 0.137. The number of ether oxygens (including phenoxy) is 1. The quantitative estimate of drug-likeness (QED) is 0.593. The van der Waals surface area contributed by atoms with Gasteiger partial charge >= 0.3 is 0 Å². The normalized spacial score (nSPS) is 11.0. The molecule has 6 heteroatoms. The minimum Gasteiger partial charge on any atom is -0.495 e. The number of carbonyl (C=O) groups is 2. The fourth-order valence-corrected chi connectivity index (χ4v) is 2.36. The average Bonchev–Trinajstić information content (AvgIpc) is 2.61. The third-order valence-corrected chi connectivity index (χ3v) is 3.62. The molecule has 2 N–H and O–H groups in total. The molecular formula is C20H23N3O3. The zero-order valence-electron chi connectivity index (χ0n) is 15.2. The van der Waals surface area contributed by atoms with Gasteiger partial charge in [-0.15, -0.1) is 0 Å². The molecule has 0 bridgehead atoms. The number of benzene rings is 2. The summed E-state index contributed by atoms with van der Waals surface area (Å²) in [6.45, 7) is 3.62. The van der Waals surface area contributed by atoms with Gasteiger partial charge in [0.1, 0.15) is 5.75 Å². The van der Waals surface area contributed by atoms with Crippen LogP contribution in [0.1, 0.15) is 24.5 Å². The summed E-state index contributed by atoms with van der Waals surface area (Å²) in [5.41, 5.74) is 5.51. The number of hydrogen-bond acceptors (Lipinski definition) is 4. The number of anilines is 1. The zero-order chi connectivity index (χ0) is 18.9. The number of hydrogen-bond donors (Lipinski definition) is 2. The molecule has 0 aromatic heterocycles. The first-order valence-corrected chi connectivity index (χ1v) is 8.28. The van der Waals surface area contributed by atoms with E-state index in [1.807, 2.05) is 49.4 Å². The predicted octanol–water partition coefficient (Wildman–Crippen LogP) is 3.07. The second-order valence-electron chi connectivity index (χ2n) is 5.97. The summed E-state index contributed by atoms with van der Waals surface area (Å²) >= 11 is 0. The van der Waals surface area contributed by atoms with Crippen molar-refractivity contribution in [2.75, 3.05) is 12.4 Å². The summed E-state index contributed by atoms with van der Waals surface area (Å²) < 4.78 is 5.24. The molecule has 0 saturated heterocycles. The van der Waals surface area contributed by atoms with E-state index >= 15 is 0 Å². The number of amides is 2. The molecule has 0 saturated carbocycles. The van der Waals surface area contributed by atoms with Crippen LogP contribution in [0, 0.1) is 6.92 Å². The van der Waals surface area contributed by atoms with Crippen LogP contribution in [-0.4, -0.2) is 24.6 Å². The maximum absolute atomic E-state index is 12.2. The van der Waals surface area contributed by atoms with Crippen LogP contribution in [0.3, 0.4) is 0 Å². The topological polar surface area (TPSA) is 79.8 Å². The molecule has 0 radical (unpaired) electrons. The Morgan fingerprint density at radius 2 is 1.81 bits per heavy atom. The molecule has 2 aromatic carbocycles. The SMILES string of the molecule is COc1ccc(C)cc1NC(=O)C/C(C)=N\NC(=O)Cc1ccccc1. The fraction of sp³-hybridized carbons (Fsp3) is 0.250. The Balaban J connectivity index is 1.87. The van der Waals surface area contributed by atoms with E-state index < -0.39 is 0 Å². The van der Waals surface area contributed by atoms with Crippen molar-refractivity contribution in [3.8, 4) is 5.75 Å². The van der Waals surface area contributed by atoms with Crippen LogP contribution in [0.5, 0.6) is 5.75 Å². The lowest BCUT2D eigenvalue weighted by Crippen LogP contribution is -2.23. The van der Waals surface area contributed by atoms with Crippen molar-refractivity contribution in [1.82, 2.24) is 5.43 Å². The molecule has 2 amide bonds. The van der Waals surface area contributed by atoms with Crippen molar-refractivity contribution in [1.29, 1.82) is 0 Å². The van der Waals surface area contributed by atoms with Crippen molar-refractivity contribution >= 4 is 23.2 Å². The zero-order valence-corrected chi connectivity index (χ0v) is 15.2. The summed E-state index contributed by atoms with van der Waals surface area (Å²) in [6.07, 6.45) is 0.313. The number of nitrogens with one attached hydrogen (secondary N) is 2. The van der Waals surface area contributed by atoms with Crippen molar-refractivity contribution < 1.29 is 14.3 Å². The Bertz CT molecular complexity index is 801. The van der Waals surface area contributed by atoms with E-state index in [9.17, 15) is 9.59 Å². The number of aryl methyl sites for hydroxylation is 1. The standard InChI is InChI=1S/C20H23N3O3/c1-14-9-10-18(26-3)17(11-14)21-19(24)12-15(2)22-23-20(25)13-16-7-5-4-6-8-16/h4-11H,12-13H2,1-3H3,(H,21,24)(H,23,25)/b22-15-. The van der Waals surface area contributed by atoms with Crippen LogP contribution in [0.25, 0.3) is 0 Å². The van der Waals surface area contributed by atoms with Gasteiger partial charge in [0.2, 0.25) is 11.8 Å². The fourth-order valence-electron chi connectivity index (χ4n) is 2.36. The molecule has 0 aliphatic carbocycles. The minimum absolute atomic E-state index is 0.0721. The second kappa shape index (κ2) is 9.36. The van der Waals surface area contributed by atoms with Crippen molar-refractivity contribution in [2.24, 2.45) is 5.10 Å². The van der Waals surface area contributed by atoms with Gasteiger partial charge in [-0.3, -0.25) is 9.59 Å². The Morgan fingerprint density at radius 3 is 2.50 bits per heavy atom. The number of carbonyl (C=O) groups excluding carboxylic acids is 2. The van der Waals surface area contributed by atoms with Crippen LogP contribution in [-0.2, 0) is 16.0 Å². The first-order chi connectivity index (χ1) is 12.5. The van der Waals surface area contributed by atoms with Crippen molar-refractivity contribution in [3.63, 3.8) is 0 Å². The Morgan fingerprint density at radius 1 is 1.08 bits per heavy atom. The molecule has 26 heavy (non-hydrogen) atoms. The second-order valence-corrected chi connectivity index (χ2v) is 5.97.